The number of hydrogen-bond donors (Lipinski definition) is 1. The van der Waals surface area contributed by atoms with Crippen LogP contribution >= 0.6 is 15.9 Å². The summed E-state index contributed by atoms with van der Waals surface area (Å²) in [6, 6.07) is 7.54. The summed E-state index contributed by atoms with van der Waals surface area (Å²) in [5.74, 6) is 0.766. The van der Waals surface area contributed by atoms with Crippen LogP contribution in [-0.4, -0.2) is 17.3 Å². The van der Waals surface area contributed by atoms with Gasteiger partial charge in [-0.05, 0) is 38.1 Å². The molecule has 1 rings (SSSR count). The van der Waals surface area contributed by atoms with Crippen molar-refractivity contribution in [3.8, 4) is 5.75 Å². The lowest BCUT2D eigenvalue weighted by atomic mass is 10.1. The van der Waals surface area contributed by atoms with Gasteiger partial charge in [-0.3, -0.25) is 0 Å². The van der Waals surface area contributed by atoms with E-state index in [1.165, 1.54) is 0 Å². The third-order valence-electron chi connectivity index (χ3n) is 1.59. The second kappa shape index (κ2) is 4.11. The van der Waals surface area contributed by atoms with E-state index in [1.807, 2.05) is 38.1 Å². The Kier molecular flexibility index (Phi) is 3.33. The third-order valence-corrected chi connectivity index (χ3v) is 2.12. The van der Waals surface area contributed by atoms with E-state index in [4.69, 9.17) is 9.84 Å². The summed E-state index contributed by atoms with van der Waals surface area (Å²) in [5.41, 5.74) is -0.520. The van der Waals surface area contributed by atoms with Crippen LogP contribution in [0.1, 0.15) is 13.8 Å². The molecule has 1 N–H and O–H groups in total. The maximum Gasteiger partial charge on any atom is 0.126 e. The number of halogens is 1. The van der Waals surface area contributed by atoms with Crippen molar-refractivity contribution in [1.29, 1.82) is 0 Å². The standard InChI is InChI=1S/C10H13BrO2/c1-10(2,7-12)13-9-5-3-8(11)4-6-9/h3-6,12H,7H2,1-2H3. The highest BCUT2D eigenvalue weighted by Gasteiger charge is 2.17. The molecule has 0 amide bonds. The summed E-state index contributed by atoms with van der Waals surface area (Å²) in [6.45, 7) is 3.69. The number of ether oxygens (including phenoxy) is 1. The molecule has 72 valence electrons. The molecule has 0 atom stereocenters. The van der Waals surface area contributed by atoms with Crippen LogP contribution in [0.25, 0.3) is 0 Å². The lowest BCUT2D eigenvalue weighted by molar-refractivity contribution is 0.0412. The van der Waals surface area contributed by atoms with E-state index in [2.05, 4.69) is 15.9 Å². The summed E-state index contributed by atoms with van der Waals surface area (Å²) in [7, 11) is 0. The van der Waals surface area contributed by atoms with Gasteiger partial charge in [-0.2, -0.15) is 0 Å². The SMILES string of the molecule is CC(C)(CO)Oc1ccc(Br)cc1. The van der Waals surface area contributed by atoms with E-state index < -0.39 is 5.60 Å². The maximum absolute atomic E-state index is 8.98. The Morgan fingerprint density at radius 1 is 1.31 bits per heavy atom. The molecule has 0 radical (unpaired) electrons. The van der Waals surface area contributed by atoms with Gasteiger partial charge in [0.15, 0.2) is 0 Å². The van der Waals surface area contributed by atoms with Crippen LogP contribution in [0, 0.1) is 0 Å². The quantitative estimate of drug-likeness (QED) is 0.886. The highest BCUT2D eigenvalue weighted by Crippen LogP contribution is 2.20. The monoisotopic (exact) mass is 244 g/mol. The molecule has 3 heteroatoms. The molecule has 0 spiro atoms. The van der Waals surface area contributed by atoms with E-state index >= 15 is 0 Å². The lowest BCUT2D eigenvalue weighted by Crippen LogP contribution is -2.32. The molecule has 0 saturated carbocycles. The molecular formula is C10H13BrO2. The van der Waals surface area contributed by atoms with Crippen molar-refractivity contribution >= 4 is 15.9 Å². The van der Waals surface area contributed by atoms with Gasteiger partial charge in [-0.1, -0.05) is 15.9 Å². The fourth-order valence-electron chi connectivity index (χ4n) is 0.854. The Balaban J connectivity index is 2.69. The van der Waals surface area contributed by atoms with E-state index in [1.54, 1.807) is 0 Å². The summed E-state index contributed by atoms with van der Waals surface area (Å²) < 4.78 is 6.55. The predicted octanol–water partition coefficient (Wildman–Crippen LogP) is 2.60. The van der Waals surface area contributed by atoms with Crippen molar-refractivity contribution in [2.45, 2.75) is 19.4 Å². The number of hydrogen-bond acceptors (Lipinski definition) is 2. The van der Waals surface area contributed by atoms with Crippen LogP contribution in [0.15, 0.2) is 28.7 Å². The average Bonchev–Trinajstić information content (AvgIpc) is 2.09. The molecule has 13 heavy (non-hydrogen) atoms. The minimum Gasteiger partial charge on any atom is -0.485 e. The Hall–Kier alpha value is -0.540. The molecule has 0 fully saturated rings. The summed E-state index contributed by atoms with van der Waals surface area (Å²) in [4.78, 5) is 0. The van der Waals surface area contributed by atoms with Gasteiger partial charge in [-0.15, -0.1) is 0 Å². The maximum atomic E-state index is 8.98. The van der Waals surface area contributed by atoms with E-state index in [0.29, 0.717) is 0 Å². The summed E-state index contributed by atoms with van der Waals surface area (Å²) >= 11 is 3.34. The van der Waals surface area contributed by atoms with E-state index in [9.17, 15) is 0 Å². The average molecular weight is 245 g/mol. The lowest BCUT2D eigenvalue weighted by Gasteiger charge is -2.23. The third kappa shape index (κ3) is 3.36. The summed E-state index contributed by atoms with van der Waals surface area (Å²) in [5, 5.41) is 8.98. The minimum absolute atomic E-state index is 0.00304. The van der Waals surface area contributed by atoms with Gasteiger partial charge in [0.2, 0.25) is 0 Å². The molecule has 2 nitrogen and oxygen atoms in total. The normalized spacial score (nSPS) is 11.4. The van der Waals surface area contributed by atoms with Gasteiger partial charge < -0.3 is 9.84 Å². The van der Waals surface area contributed by atoms with Crippen LogP contribution in [0.5, 0.6) is 5.75 Å². The van der Waals surface area contributed by atoms with Crippen molar-refractivity contribution in [3.63, 3.8) is 0 Å². The predicted molar refractivity (Wildman–Crippen MR) is 55.9 cm³/mol. The Labute approximate surface area is 86.7 Å². The number of aliphatic hydroxyl groups excluding tert-OH is 1. The molecular weight excluding hydrogens is 232 g/mol. The molecule has 1 aromatic rings. The second-order valence-electron chi connectivity index (χ2n) is 3.47. The molecule has 0 saturated heterocycles. The largest absolute Gasteiger partial charge is 0.485 e. The van der Waals surface area contributed by atoms with Crippen molar-refractivity contribution in [2.75, 3.05) is 6.61 Å². The van der Waals surface area contributed by atoms with Gasteiger partial charge in [0.05, 0.1) is 6.61 Å². The number of rotatable bonds is 3. The topological polar surface area (TPSA) is 29.5 Å². The van der Waals surface area contributed by atoms with Gasteiger partial charge in [0.25, 0.3) is 0 Å². The van der Waals surface area contributed by atoms with Crippen molar-refractivity contribution in [3.05, 3.63) is 28.7 Å². The molecule has 0 aliphatic carbocycles. The minimum atomic E-state index is -0.520. The zero-order chi connectivity index (χ0) is 9.90. The zero-order valence-electron chi connectivity index (χ0n) is 7.75. The highest BCUT2D eigenvalue weighted by atomic mass is 79.9. The number of benzene rings is 1. The van der Waals surface area contributed by atoms with E-state index in [-0.39, 0.29) is 6.61 Å². The Morgan fingerprint density at radius 3 is 2.31 bits per heavy atom. The fraction of sp³-hybridized carbons (Fsp3) is 0.400. The first kappa shape index (κ1) is 10.5. The molecule has 0 unspecified atom stereocenters. The highest BCUT2D eigenvalue weighted by molar-refractivity contribution is 9.10. The Morgan fingerprint density at radius 2 is 1.85 bits per heavy atom. The van der Waals surface area contributed by atoms with Crippen molar-refractivity contribution < 1.29 is 9.84 Å². The molecule has 0 aromatic heterocycles. The first-order valence-corrected chi connectivity index (χ1v) is 4.88. The Bertz CT molecular complexity index is 267. The molecule has 0 bridgehead atoms. The molecule has 0 aliphatic rings. The van der Waals surface area contributed by atoms with Crippen LogP contribution < -0.4 is 4.74 Å². The van der Waals surface area contributed by atoms with Crippen molar-refractivity contribution in [1.82, 2.24) is 0 Å². The molecule has 1 aromatic carbocycles. The smallest absolute Gasteiger partial charge is 0.126 e. The van der Waals surface area contributed by atoms with Gasteiger partial charge >= 0.3 is 0 Å². The van der Waals surface area contributed by atoms with Crippen LogP contribution in [0.2, 0.25) is 0 Å². The second-order valence-corrected chi connectivity index (χ2v) is 4.39. The van der Waals surface area contributed by atoms with Crippen molar-refractivity contribution in [2.24, 2.45) is 0 Å². The van der Waals surface area contributed by atoms with Gasteiger partial charge in [0.1, 0.15) is 11.4 Å². The van der Waals surface area contributed by atoms with E-state index in [0.717, 1.165) is 10.2 Å². The van der Waals surface area contributed by atoms with Gasteiger partial charge in [0, 0.05) is 4.47 Å². The van der Waals surface area contributed by atoms with Crippen LogP contribution in [0.4, 0.5) is 0 Å². The fourth-order valence-corrected chi connectivity index (χ4v) is 1.12. The van der Waals surface area contributed by atoms with Gasteiger partial charge in [-0.25, -0.2) is 0 Å². The zero-order valence-corrected chi connectivity index (χ0v) is 9.34. The first-order valence-electron chi connectivity index (χ1n) is 4.09. The van der Waals surface area contributed by atoms with Crippen LogP contribution in [-0.2, 0) is 0 Å². The molecule has 0 aliphatic heterocycles. The number of aliphatic hydroxyl groups is 1. The summed E-state index contributed by atoms with van der Waals surface area (Å²) in [6.07, 6.45) is 0. The molecule has 0 heterocycles. The van der Waals surface area contributed by atoms with Crippen LogP contribution in [0.3, 0.4) is 0 Å². The first-order chi connectivity index (χ1) is 6.03.